The molecule has 110 valence electrons. The van der Waals surface area contributed by atoms with Crippen molar-refractivity contribution in [3.8, 4) is 0 Å². The third kappa shape index (κ3) is 3.98. The lowest BCUT2D eigenvalue weighted by molar-refractivity contribution is -0.127. The van der Waals surface area contributed by atoms with Crippen LogP contribution in [0.25, 0.3) is 0 Å². The van der Waals surface area contributed by atoms with Crippen LogP contribution in [0.3, 0.4) is 0 Å². The first-order chi connectivity index (χ1) is 9.74. The summed E-state index contributed by atoms with van der Waals surface area (Å²) in [7, 11) is 0. The first kappa shape index (κ1) is 15.4. The van der Waals surface area contributed by atoms with Crippen LogP contribution in [0.4, 0.5) is 0 Å². The minimum absolute atomic E-state index is 0.0658. The van der Waals surface area contributed by atoms with Crippen LogP contribution in [-0.4, -0.2) is 49.3 Å². The van der Waals surface area contributed by atoms with Crippen molar-refractivity contribution in [3.63, 3.8) is 0 Å². The van der Waals surface area contributed by atoms with Crippen molar-refractivity contribution >= 4 is 17.7 Å². The van der Waals surface area contributed by atoms with Gasteiger partial charge in [0.25, 0.3) is 0 Å². The van der Waals surface area contributed by atoms with Crippen LogP contribution in [0.2, 0.25) is 0 Å². The smallest absolute Gasteiger partial charge is 0.238 e. The van der Waals surface area contributed by atoms with Crippen LogP contribution < -0.4 is 10.6 Å². The van der Waals surface area contributed by atoms with Crippen LogP contribution in [0.1, 0.15) is 12.5 Å². The van der Waals surface area contributed by atoms with E-state index in [1.807, 2.05) is 6.92 Å². The average molecular weight is 293 g/mol. The van der Waals surface area contributed by atoms with E-state index in [9.17, 15) is 4.79 Å². The molecule has 1 aliphatic rings. The van der Waals surface area contributed by atoms with Gasteiger partial charge in [0.1, 0.15) is 6.04 Å². The van der Waals surface area contributed by atoms with Gasteiger partial charge >= 0.3 is 0 Å². The lowest BCUT2D eigenvalue weighted by Gasteiger charge is -2.35. The van der Waals surface area contributed by atoms with E-state index >= 15 is 0 Å². The highest BCUT2D eigenvalue weighted by molar-refractivity contribution is 7.98. The SMILES string of the molecule is CCNC(=O)C1CNCCN1Cc1ccc(SC)cc1. The van der Waals surface area contributed by atoms with Crippen molar-refractivity contribution < 1.29 is 4.79 Å². The molecule has 0 saturated carbocycles. The van der Waals surface area contributed by atoms with Gasteiger partial charge in [-0.25, -0.2) is 0 Å². The molecular weight excluding hydrogens is 270 g/mol. The number of benzene rings is 1. The number of rotatable bonds is 5. The molecule has 2 rings (SSSR count). The quantitative estimate of drug-likeness (QED) is 0.804. The van der Waals surface area contributed by atoms with E-state index < -0.39 is 0 Å². The normalized spacial score (nSPS) is 19.8. The molecule has 1 heterocycles. The minimum Gasteiger partial charge on any atom is -0.355 e. The van der Waals surface area contributed by atoms with Crippen LogP contribution in [0.5, 0.6) is 0 Å². The summed E-state index contributed by atoms with van der Waals surface area (Å²) in [6.07, 6.45) is 2.08. The first-order valence-electron chi connectivity index (χ1n) is 7.10. The molecule has 1 atom stereocenters. The highest BCUT2D eigenvalue weighted by Crippen LogP contribution is 2.17. The highest BCUT2D eigenvalue weighted by Gasteiger charge is 2.27. The van der Waals surface area contributed by atoms with E-state index in [4.69, 9.17) is 0 Å². The van der Waals surface area contributed by atoms with Crippen LogP contribution >= 0.6 is 11.8 Å². The molecule has 0 aliphatic carbocycles. The molecule has 0 bridgehead atoms. The van der Waals surface area contributed by atoms with Crippen LogP contribution in [0, 0.1) is 0 Å². The van der Waals surface area contributed by atoms with Crippen molar-refractivity contribution in [2.75, 3.05) is 32.4 Å². The van der Waals surface area contributed by atoms with Gasteiger partial charge in [-0.15, -0.1) is 11.8 Å². The number of hydrogen-bond acceptors (Lipinski definition) is 4. The Labute approximate surface area is 125 Å². The van der Waals surface area contributed by atoms with Gasteiger partial charge in [0.15, 0.2) is 0 Å². The first-order valence-corrected chi connectivity index (χ1v) is 8.32. The zero-order valence-electron chi connectivity index (χ0n) is 12.2. The number of carbonyl (C=O) groups excluding carboxylic acids is 1. The molecule has 1 aromatic carbocycles. The monoisotopic (exact) mass is 293 g/mol. The standard InChI is InChI=1S/C15H23N3OS/c1-3-17-15(19)14-10-16-8-9-18(14)11-12-4-6-13(20-2)7-5-12/h4-7,14,16H,3,8-11H2,1-2H3,(H,17,19). The molecule has 1 aromatic rings. The number of amides is 1. The molecule has 0 aromatic heterocycles. The summed E-state index contributed by atoms with van der Waals surface area (Å²) >= 11 is 1.75. The second-order valence-electron chi connectivity index (χ2n) is 4.93. The predicted molar refractivity (Wildman–Crippen MR) is 84.0 cm³/mol. The lowest BCUT2D eigenvalue weighted by Crippen LogP contribution is -2.57. The van der Waals surface area contributed by atoms with Crippen LogP contribution in [0.15, 0.2) is 29.2 Å². The fourth-order valence-corrected chi connectivity index (χ4v) is 2.86. The molecule has 0 spiro atoms. The molecule has 1 fully saturated rings. The molecule has 5 heteroatoms. The molecule has 1 saturated heterocycles. The van der Waals surface area contributed by atoms with E-state index in [1.165, 1.54) is 10.5 Å². The van der Waals surface area contributed by atoms with Gasteiger partial charge in [0.2, 0.25) is 5.91 Å². The number of likely N-dealkylation sites (N-methyl/N-ethyl adjacent to an activating group) is 1. The molecule has 0 radical (unpaired) electrons. The Bertz CT molecular complexity index is 435. The van der Waals surface area contributed by atoms with Gasteiger partial charge in [-0.05, 0) is 30.9 Å². The summed E-state index contributed by atoms with van der Waals surface area (Å²) in [5, 5.41) is 6.23. The number of piperazine rings is 1. The molecule has 4 nitrogen and oxygen atoms in total. The molecule has 1 amide bonds. The maximum Gasteiger partial charge on any atom is 0.238 e. The van der Waals surface area contributed by atoms with E-state index in [-0.39, 0.29) is 11.9 Å². The summed E-state index contributed by atoms with van der Waals surface area (Å²) < 4.78 is 0. The van der Waals surface area contributed by atoms with Gasteiger partial charge in [-0.1, -0.05) is 12.1 Å². The van der Waals surface area contributed by atoms with E-state index in [0.29, 0.717) is 6.54 Å². The topological polar surface area (TPSA) is 44.4 Å². The van der Waals surface area contributed by atoms with Gasteiger partial charge in [-0.2, -0.15) is 0 Å². The molecule has 20 heavy (non-hydrogen) atoms. The zero-order chi connectivity index (χ0) is 14.4. The van der Waals surface area contributed by atoms with Gasteiger partial charge < -0.3 is 10.6 Å². The molecular formula is C15H23N3OS. The number of nitrogens with zero attached hydrogens (tertiary/aromatic N) is 1. The summed E-state index contributed by atoms with van der Waals surface area (Å²) in [6.45, 7) is 6.06. The highest BCUT2D eigenvalue weighted by atomic mass is 32.2. The Morgan fingerprint density at radius 2 is 2.20 bits per heavy atom. The predicted octanol–water partition coefficient (Wildman–Crippen LogP) is 1.32. The summed E-state index contributed by atoms with van der Waals surface area (Å²) in [5.41, 5.74) is 1.26. The summed E-state index contributed by atoms with van der Waals surface area (Å²) in [5.74, 6) is 0.125. The lowest BCUT2D eigenvalue weighted by atomic mass is 10.1. The summed E-state index contributed by atoms with van der Waals surface area (Å²) in [6, 6.07) is 8.53. The van der Waals surface area contributed by atoms with Gasteiger partial charge in [-0.3, -0.25) is 9.69 Å². The maximum atomic E-state index is 12.1. The minimum atomic E-state index is -0.0658. The second-order valence-corrected chi connectivity index (χ2v) is 5.81. The second kappa shape index (κ2) is 7.67. The Hall–Kier alpha value is -1.04. The van der Waals surface area contributed by atoms with Crippen molar-refractivity contribution in [3.05, 3.63) is 29.8 Å². The van der Waals surface area contributed by atoms with Crippen molar-refractivity contribution in [2.45, 2.75) is 24.4 Å². The van der Waals surface area contributed by atoms with Gasteiger partial charge in [0, 0.05) is 37.6 Å². The maximum absolute atomic E-state index is 12.1. The molecule has 2 N–H and O–H groups in total. The fraction of sp³-hybridized carbons (Fsp3) is 0.533. The van der Waals surface area contributed by atoms with Crippen molar-refractivity contribution in [1.29, 1.82) is 0 Å². The molecule has 1 aliphatic heterocycles. The number of thioether (sulfide) groups is 1. The third-order valence-corrected chi connectivity index (χ3v) is 4.30. The molecule has 1 unspecified atom stereocenters. The fourth-order valence-electron chi connectivity index (χ4n) is 2.45. The number of hydrogen-bond donors (Lipinski definition) is 2. The van der Waals surface area contributed by atoms with E-state index in [2.05, 4.69) is 46.1 Å². The number of nitrogens with one attached hydrogen (secondary N) is 2. The average Bonchev–Trinajstić information content (AvgIpc) is 2.49. The Balaban J connectivity index is 2.02. The Morgan fingerprint density at radius 3 is 2.85 bits per heavy atom. The largest absolute Gasteiger partial charge is 0.355 e. The van der Waals surface area contributed by atoms with Crippen molar-refractivity contribution in [1.82, 2.24) is 15.5 Å². The Kier molecular flexibility index (Phi) is 5.88. The Morgan fingerprint density at radius 1 is 1.45 bits per heavy atom. The van der Waals surface area contributed by atoms with Gasteiger partial charge in [0.05, 0.1) is 0 Å². The van der Waals surface area contributed by atoms with E-state index in [0.717, 1.165) is 26.2 Å². The van der Waals surface area contributed by atoms with Crippen LogP contribution in [-0.2, 0) is 11.3 Å². The van der Waals surface area contributed by atoms with Crippen molar-refractivity contribution in [2.24, 2.45) is 0 Å². The summed E-state index contributed by atoms with van der Waals surface area (Å²) in [4.78, 5) is 15.6. The van der Waals surface area contributed by atoms with E-state index in [1.54, 1.807) is 11.8 Å². The number of carbonyl (C=O) groups is 1. The third-order valence-electron chi connectivity index (χ3n) is 3.55. The zero-order valence-corrected chi connectivity index (χ0v) is 13.0.